The van der Waals surface area contributed by atoms with Crippen molar-refractivity contribution in [3.63, 3.8) is 0 Å². The molecule has 0 saturated heterocycles. The molecule has 1 amide bonds. The minimum atomic E-state index is -4.84. The van der Waals surface area contributed by atoms with Crippen LogP contribution in [-0.2, 0) is 19.1 Å². The van der Waals surface area contributed by atoms with Crippen molar-refractivity contribution < 1.29 is 41.8 Å². The number of ether oxygens (including phenoxy) is 3. The van der Waals surface area contributed by atoms with Gasteiger partial charge in [-0.25, -0.2) is 9.59 Å². The van der Waals surface area contributed by atoms with Gasteiger partial charge < -0.3 is 19.5 Å². The highest BCUT2D eigenvalue weighted by Gasteiger charge is 2.31. The van der Waals surface area contributed by atoms with Crippen molar-refractivity contribution in [2.24, 2.45) is 5.92 Å². The number of carbonyl (C=O) groups is 3. The first-order chi connectivity index (χ1) is 12.6. The third-order valence-electron chi connectivity index (χ3n) is 3.64. The van der Waals surface area contributed by atoms with Crippen molar-refractivity contribution in [3.8, 4) is 5.75 Å². The zero-order valence-electron chi connectivity index (χ0n) is 15.0. The summed E-state index contributed by atoms with van der Waals surface area (Å²) in [6, 6.07) is 3.14. The van der Waals surface area contributed by atoms with Gasteiger partial charge >= 0.3 is 18.3 Å². The Hall–Kier alpha value is -2.78. The van der Waals surface area contributed by atoms with E-state index in [0.29, 0.717) is 6.42 Å². The van der Waals surface area contributed by atoms with E-state index in [1.54, 1.807) is 6.92 Å². The third-order valence-corrected chi connectivity index (χ3v) is 3.64. The summed E-state index contributed by atoms with van der Waals surface area (Å²) >= 11 is 0. The average Bonchev–Trinajstić information content (AvgIpc) is 2.62. The van der Waals surface area contributed by atoms with Crippen molar-refractivity contribution in [2.45, 2.75) is 32.7 Å². The van der Waals surface area contributed by atoms with Gasteiger partial charge in [-0.1, -0.05) is 20.3 Å². The summed E-state index contributed by atoms with van der Waals surface area (Å²) in [7, 11) is 1.19. The highest BCUT2D eigenvalue weighted by molar-refractivity contribution is 5.92. The van der Waals surface area contributed by atoms with Gasteiger partial charge in [-0.2, -0.15) is 0 Å². The molecule has 0 aliphatic carbocycles. The van der Waals surface area contributed by atoms with Gasteiger partial charge in [-0.15, -0.1) is 13.2 Å². The lowest BCUT2D eigenvalue weighted by Crippen LogP contribution is -2.47. The van der Waals surface area contributed by atoms with Crippen molar-refractivity contribution in [2.75, 3.05) is 13.7 Å². The summed E-state index contributed by atoms with van der Waals surface area (Å²) in [6.45, 7) is 2.92. The smallest absolute Gasteiger partial charge is 0.467 e. The van der Waals surface area contributed by atoms with Crippen LogP contribution in [0.5, 0.6) is 5.75 Å². The van der Waals surface area contributed by atoms with Crippen LogP contribution in [0, 0.1) is 5.92 Å². The number of benzene rings is 1. The van der Waals surface area contributed by atoms with E-state index in [4.69, 9.17) is 4.74 Å². The zero-order chi connectivity index (χ0) is 20.6. The summed E-state index contributed by atoms with van der Waals surface area (Å²) < 4.78 is 49.4. The molecule has 150 valence electrons. The highest BCUT2D eigenvalue weighted by atomic mass is 19.4. The maximum absolute atomic E-state index is 12.1. The van der Waals surface area contributed by atoms with Crippen LogP contribution in [0.15, 0.2) is 24.3 Å². The Kier molecular flexibility index (Phi) is 8.07. The molecule has 0 heterocycles. The molecule has 10 heteroatoms. The lowest BCUT2D eigenvalue weighted by molar-refractivity contribution is -0.274. The topological polar surface area (TPSA) is 90.9 Å². The lowest BCUT2D eigenvalue weighted by Gasteiger charge is -2.21. The van der Waals surface area contributed by atoms with Crippen LogP contribution in [0.3, 0.4) is 0 Å². The fourth-order valence-electron chi connectivity index (χ4n) is 2.02. The first-order valence-corrected chi connectivity index (χ1v) is 7.97. The van der Waals surface area contributed by atoms with Gasteiger partial charge in [0.05, 0.1) is 12.7 Å². The van der Waals surface area contributed by atoms with Crippen molar-refractivity contribution in [3.05, 3.63) is 29.8 Å². The molecular weight excluding hydrogens is 371 g/mol. The Morgan fingerprint density at radius 1 is 1.15 bits per heavy atom. The molecule has 0 aliphatic heterocycles. The van der Waals surface area contributed by atoms with Gasteiger partial charge in [0, 0.05) is 0 Å². The molecule has 27 heavy (non-hydrogen) atoms. The number of carbonyl (C=O) groups excluding carboxylic acids is 3. The first-order valence-electron chi connectivity index (χ1n) is 7.97. The van der Waals surface area contributed by atoms with Gasteiger partial charge in [0.15, 0.2) is 6.61 Å². The van der Waals surface area contributed by atoms with Gasteiger partial charge in [-0.3, -0.25) is 4.79 Å². The quantitative estimate of drug-likeness (QED) is 0.685. The second-order valence-corrected chi connectivity index (χ2v) is 5.60. The largest absolute Gasteiger partial charge is 0.573 e. The number of amides is 1. The fraction of sp³-hybridized carbons (Fsp3) is 0.471. The SMILES string of the molecule is CCC(C)C(NC(=O)COC(=O)c1ccc(OC(F)(F)F)cc1)C(=O)OC. The molecule has 2 atom stereocenters. The van der Waals surface area contributed by atoms with Crippen LogP contribution in [0.25, 0.3) is 0 Å². The predicted molar refractivity (Wildman–Crippen MR) is 86.8 cm³/mol. The van der Waals surface area contributed by atoms with Crippen molar-refractivity contribution in [1.29, 1.82) is 0 Å². The summed E-state index contributed by atoms with van der Waals surface area (Å²) in [5, 5.41) is 2.42. The van der Waals surface area contributed by atoms with Crippen LogP contribution >= 0.6 is 0 Å². The number of hydrogen-bond donors (Lipinski definition) is 1. The van der Waals surface area contributed by atoms with Gasteiger partial charge in [0.1, 0.15) is 11.8 Å². The monoisotopic (exact) mass is 391 g/mol. The van der Waals surface area contributed by atoms with E-state index in [2.05, 4.69) is 14.8 Å². The van der Waals surface area contributed by atoms with E-state index in [9.17, 15) is 27.6 Å². The maximum Gasteiger partial charge on any atom is 0.573 e. The minimum Gasteiger partial charge on any atom is -0.467 e. The van der Waals surface area contributed by atoms with Gasteiger partial charge in [0.2, 0.25) is 0 Å². The second kappa shape index (κ2) is 9.79. The predicted octanol–water partition coefficient (Wildman–Crippen LogP) is 2.45. The number of esters is 2. The molecule has 1 N–H and O–H groups in total. The fourth-order valence-corrected chi connectivity index (χ4v) is 2.02. The summed E-state index contributed by atoms with van der Waals surface area (Å²) in [5.74, 6) is -2.94. The van der Waals surface area contributed by atoms with Crippen LogP contribution in [-0.4, -0.2) is 44.0 Å². The molecule has 2 unspecified atom stereocenters. The number of hydrogen-bond acceptors (Lipinski definition) is 6. The Bertz CT molecular complexity index is 660. The van der Waals surface area contributed by atoms with Crippen molar-refractivity contribution >= 4 is 17.8 Å². The summed E-state index contributed by atoms with van der Waals surface area (Å²) in [4.78, 5) is 35.5. The third kappa shape index (κ3) is 7.55. The maximum atomic E-state index is 12.1. The number of rotatable bonds is 8. The van der Waals surface area contributed by atoms with Crippen molar-refractivity contribution in [1.82, 2.24) is 5.32 Å². The van der Waals surface area contributed by atoms with E-state index in [1.165, 1.54) is 7.11 Å². The summed E-state index contributed by atoms with van der Waals surface area (Å²) in [5.41, 5.74) is -0.0660. The number of alkyl halides is 3. The second-order valence-electron chi connectivity index (χ2n) is 5.60. The Morgan fingerprint density at radius 2 is 1.74 bits per heavy atom. The number of nitrogens with one attached hydrogen (secondary N) is 1. The standard InChI is InChI=1S/C17H20F3NO6/c1-4-10(2)14(16(24)25-3)21-13(22)9-26-15(23)11-5-7-12(8-6-11)27-17(18,19)20/h5-8,10,14H,4,9H2,1-3H3,(H,21,22). The van der Waals surface area contributed by atoms with Crippen LogP contribution in [0.1, 0.15) is 30.6 Å². The van der Waals surface area contributed by atoms with Crippen LogP contribution < -0.4 is 10.1 Å². The van der Waals surface area contributed by atoms with Gasteiger partial charge in [0.25, 0.3) is 5.91 Å². The minimum absolute atomic E-state index is 0.0660. The Balaban J connectivity index is 2.60. The molecule has 0 fully saturated rings. The molecule has 1 aromatic rings. The molecule has 0 radical (unpaired) electrons. The highest BCUT2D eigenvalue weighted by Crippen LogP contribution is 2.22. The molecule has 0 aliphatic rings. The van der Waals surface area contributed by atoms with Crippen LogP contribution in [0.2, 0.25) is 0 Å². The van der Waals surface area contributed by atoms with E-state index < -0.39 is 42.6 Å². The van der Waals surface area contributed by atoms with Gasteiger partial charge in [-0.05, 0) is 30.2 Å². The molecular formula is C17H20F3NO6. The average molecular weight is 391 g/mol. The molecule has 0 spiro atoms. The van der Waals surface area contributed by atoms with E-state index >= 15 is 0 Å². The summed E-state index contributed by atoms with van der Waals surface area (Å²) in [6.07, 6.45) is -4.24. The Labute approximate surface area is 153 Å². The van der Waals surface area contributed by atoms with Crippen LogP contribution in [0.4, 0.5) is 13.2 Å². The molecule has 1 aromatic carbocycles. The lowest BCUT2D eigenvalue weighted by atomic mass is 9.99. The number of methoxy groups -OCH3 is 1. The normalized spacial score (nSPS) is 13.3. The molecule has 0 bridgehead atoms. The van der Waals surface area contributed by atoms with E-state index in [-0.39, 0.29) is 11.5 Å². The molecule has 0 saturated carbocycles. The zero-order valence-corrected chi connectivity index (χ0v) is 15.0. The molecule has 7 nitrogen and oxygen atoms in total. The molecule has 0 aromatic heterocycles. The van der Waals surface area contributed by atoms with E-state index in [1.807, 2.05) is 6.92 Å². The number of halogens is 3. The molecule has 1 rings (SSSR count). The van der Waals surface area contributed by atoms with E-state index in [0.717, 1.165) is 24.3 Å². The Morgan fingerprint density at radius 3 is 2.22 bits per heavy atom. The first kappa shape index (κ1) is 22.3.